The Morgan fingerprint density at radius 2 is 1.66 bits per heavy atom. The molecule has 0 unspecified atom stereocenters. The van der Waals surface area contributed by atoms with Gasteiger partial charge in [-0.25, -0.2) is 0 Å². The predicted octanol–water partition coefficient (Wildman–Crippen LogP) is 7.65. The van der Waals surface area contributed by atoms with Gasteiger partial charge in [0.15, 0.2) is 11.5 Å². The third-order valence-corrected chi connectivity index (χ3v) is 5.75. The molecule has 2 rings (SSSR count). The summed E-state index contributed by atoms with van der Waals surface area (Å²) < 4.78 is 12.4. The van der Waals surface area contributed by atoms with Gasteiger partial charge in [0.25, 0.3) is 0 Å². The van der Waals surface area contributed by atoms with Gasteiger partial charge in [0.05, 0.1) is 11.6 Å². The highest BCUT2D eigenvalue weighted by molar-refractivity contribution is 9.10. The Balaban J connectivity index is 2.15. The average molecular weight is 503 g/mol. The summed E-state index contributed by atoms with van der Waals surface area (Å²) in [5, 5.41) is 4.81. The molecule has 2 aromatic carbocycles. The van der Waals surface area contributed by atoms with Gasteiger partial charge in [-0.1, -0.05) is 50.0 Å². The summed E-state index contributed by atoms with van der Waals surface area (Å²) in [6.45, 7) is 12.2. The van der Waals surface area contributed by atoms with Crippen molar-refractivity contribution in [3.05, 3.63) is 56.0 Å². The first-order chi connectivity index (χ1) is 13.4. The molecule has 0 bridgehead atoms. The SMILES string of the molecule is COc1cc(CNC(C)(C)CC(C)(C)C)cc(Br)c1OCc1c(Cl)cccc1Cl. The van der Waals surface area contributed by atoms with Gasteiger partial charge < -0.3 is 14.8 Å². The van der Waals surface area contributed by atoms with Crippen LogP contribution in [0.2, 0.25) is 10.0 Å². The van der Waals surface area contributed by atoms with Crippen LogP contribution in [-0.2, 0) is 13.2 Å². The Morgan fingerprint density at radius 1 is 1.03 bits per heavy atom. The van der Waals surface area contributed by atoms with E-state index < -0.39 is 0 Å². The van der Waals surface area contributed by atoms with E-state index in [1.54, 1.807) is 19.2 Å². The lowest BCUT2D eigenvalue weighted by Gasteiger charge is -2.33. The van der Waals surface area contributed by atoms with Crippen LogP contribution in [0.3, 0.4) is 0 Å². The van der Waals surface area contributed by atoms with Crippen LogP contribution in [0.15, 0.2) is 34.8 Å². The zero-order chi connectivity index (χ0) is 21.8. The maximum atomic E-state index is 6.25. The Hall–Kier alpha value is -0.940. The topological polar surface area (TPSA) is 30.5 Å². The lowest BCUT2D eigenvalue weighted by Crippen LogP contribution is -2.41. The summed E-state index contributed by atoms with van der Waals surface area (Å²) in [4.78, 5) is 0. The molecule has 0 aromatic heterocycles. The normalized spacial score (nSPS) is 12.2. The molecule has 0 aliphatic heterocycles. The van der Waals surface area contributed by atoms with Crippen molar-refractivity contribution < 1.29 is 9.47 Å². The number of methoxy groups -OCH3 is 1. The van der Waals surface area contributed by atoms with Crippen LogP contribution in [0.5, 0.6) is 11.5 Å². The molecule has 3 nitrogen and oxygen atoms in total. The molecule has 2 aromatic rings. The highest BCUT2D eigenvalue weighted by Gasteiger charge is 2.25. The first-order valence-electron chi connectivity index (χ1n) is 9.59. The zero-order valence-corrected chi connectivity index (χ0v) is 21.1. The third kappa shape index (κ3) is 7.36. The summed E-state index contributed by atoms with van der Waals surface area (Å²) >= 11 is 16.1. The van der Waals surface area contributed by atoms with Crippen molar-refractivity contribution in [2.24, 2.45) is 5.41 Å². The number of rotatable bonds is 8. The molecule has 6 heteroatoms. The molecule has 29 heavy (non-hydrogen) atoms. The molecule has 0 aliphatic carbocycles. The number of halogens is 3. The van der Waals surface area contributed by atoms with E-state index in [0.717, 1.165) is 28.6 Å². The van der Waals surface area contributed by atoms with E-state index in [2.05, 4.69) is 55.9 Å². The van der Waals surface area contributed by atoms with Crippen molar-refractivity contribution in [2.45, 2.75) is 59.7 Å². The Labute approximate surface area is 193 Å². The van der Waals surface area contributed by atoms with Crippen LogP contribution in [0.25, 0.3) is 0 Å². The molecule has 0 radical (unpaired) electrons. The molecule has 0 saturated carbocycles. The number of hydrogen-bond donors (Lipinski definition) is 1. The van der Waals surface area contributed by atoms with Crippen LogP contribution in [0, 0.1) is 5.41 Å². The summed E-state index contributed by atoms with van der Waals surface area (Å²) in [6.07, 6.45) is 1.07. The van der Waals surface area contributed by atoms with E-state index in [-0.39, 0.29) is 17.6 Å². The minimum absolute atomic E-state index is 0.0218. The minimum atomic E-state index is 0.0218. The summed E-state index contributed by atoms with van der Waals surface area (Å²) in [5.74, 6) is 1.29. The van der Waals surface area contributed by atoms with Gasteiger partial charge >= 0.3 is 0 Å². The maximum Gasteiger partial charge on any atom is 0.175 e. The van der Waals surface area contributed by atoms with Crippen molar-refractivity contribution in [1.29, 1.82) is 0 Å². The van der Waals surface area contributed by atoms with Crippen LogP contribution < -0.4 is 14.8 Å². The molecule has 0 amide bonds. The fourth-order valence-corrected chi connectivity index (χ4v) is 4.67. The number of benzene rings is 2. The Kier molecular flexibility index (Phi) is 8.32. The first-order valence-corrected chi connectivity index (χ1v) is 11.1. The number of ether oxygens (including phenoxy) is 2. The second kappa shape index (κ2) is 9.91. The number of nitrogens with one attached hydrogen (secondary N) is 1. The van der Waals surface area contributed by atoms with Gasteiger partial charge in [-0.15, -0.1) is 0 Å². The molecule has 0 saturated heterocycles. The van der Waals surface area contributed by atoms with Gasteiger partial charge in [-0.2, -0.15) is 0 Å². The summed E-state index contributed by atoms with van der Waals surface area (Å²) in [6, 6.07) is 9.45. The monoisotopic (exact) mass is 501 g/mol. The van der Waals surface area contributed by atoms with Gasteiger partial charge in [0.1, 0.15) is 6.61 Å². The Morgan fingerprint density at radius 3 is 2.21 bits per heavy atom. The molecular weight excluding hydrogens is 473 g/mol. The molecule has 1 N–H and O–H groups in total. The zero-order valence-electron chi connectivity index (χ0n) is 18.0. The van der Waals surface area contributed by atoms with E-state index in [4.69, 9.17) is 32.7 Å². The summed E-state index contributed by atoms with van der Waals surface area (Å²) in [7, 11) is 1.64. The fraction of sp³-hybridized carbons (Fsp3) is 0.478. The Bertz CT molecular complexity index is 827. The molecule has 0 aliphatic rings. The van der Waals surface area contributed by atoms with E-state index in [9.17, 15) is 0 Å². The van der Waals surface area contributed by atoms with Gasteiger partial charge in [0.2, 0.25) is 0 Å². The minimum Gasteiger partial charge on any atom is -0.493 e. The maximum absolute atomic E-state index is 6.25. The van der Waals surface area contributed by atoms with Gasteiger partial charge in [0, 0.05) is 27.7 Å². The molecule has 0 atom stereocenters. The van der Waals surface area contributed by atoms with Crippen molar-refractivity contribution in [3.8, 4) is 11.5 Å². The van der Waals surface area contributed by atoms with Crippen molar-refractivity contribution in [3.63, 3.8) is 0 Å². The van der Waals surface area contributed by atoms with E-state index in [0.29, 0.717) is 21.5 Å². The molecule has 0 spiro atoms. The lowest BCUT2D eigenvalue weighted by molar-refractivity contribution is 0.240. The van der Waals surface area contributed by atoms with Crippen LogP contribution in [-0.4, -0.2) is 12.6 Å². The molecule has 0 heterocycles. The van der Waals surface area contributed by atoms with Crippen LogP contribution in [0.1, 0.15) is 52.2 Å². The van der Waals surface area contributed by atoms with E-state index in [1.165, 1.54) is 0 Å². The highest BCUT2D eigenvalue weighted by atomic mass is 79.9. The lowest BCUT2D eigenvalue weighted by atomic mass is 9.82. The first kappa shape index (κ1) is 24.3. The van der Waals surface area contributed by atoms with Crippen LogP contribution in [0.4, 0.5) is 0 Å². The van der Waals surface area contributed by atoms with Gasteiger partial charge in [-0.3, -0.25) is 0 Å². The van der Waals surface area contributed by atoms with Crippen molar-refractivity contribution >= 4 is 39.1 Å². The molecular formula is C23H30BrCl2NO2. The highest BCUT2D eigenvalue weighted by Crippen LogP contribution is 2.38. The van der Waals surface area contributed by atoms with E-state index in [1.807, 2.05) is 18.2 Å². The summed E-state index contributed by atoms with van der Waals surface area (Å²) in [5.41, 5.74) is 2.14. The van der Waals surface area contributed by atoms with Crippen molar-refractivity contribution in [1.82, 2.24) is 5.32 Å². The second-order valence-electron chi connectivity index (χ2n) is 9.07. The average Bonchev–Trinajstić information content (AvgIpc) is 2.58. The largest absolute Gasteiger partial charge is 0.493 e. The van der Waals surface area contributed by atoms with E-state index >= 15 is 0 Å². The predicted molar refractivity (Wildman–Crippen MR) is 126 cm³/mol. The molecule has 0 fully saturated rings. The standard InChI is InChI=1S/C23H30BrCl2NO2/c1-22(2,3)14-23(4,5)27-12-15-10-17(24)21(20(11-15)28-6)29-13-16-18(25)8-7-9-19(16)26/h7-11,27H,12-14H2,1-6H3. The van der Waals surface area contributed by atoms with Crippen molar-refractivity contribution in [2.75, 3.05) is 7.11 Å². The van der Waals surface area contributed by atoms with Gasteiger partial charge in [-0.05, 0) is 71.4 Å². The quantitative estimate of drug-likeness (QED) is 0.402. The second-order valence-corrected chi connectivity index (χ2v) is 10.7. The van der Waals surface area contributed by atoms with Crippen LogP contribution >= 0.6 is 39.1 Å². The number of hydrogen-bond acceptors (Lipinski definition) is 3. The fourth-order valence-electron chi connectivity index (χ4n) is 3.56. The smallest absolute Gasteiger partial charge is 0.175 e. The molecule has 160 valence electrons. The third-order valence-electron chi connectivity index (χ3n) is 4.46.